The Bertz CT molecular complexity index is 1090. The van der Waals surface area contributed by atoms with E-state index in [0.717, 1.165) is 32.1 Å². The zero-order valence-corrected chi connectivity index (χ0v) is 19.6. The van der Waals surface area contributed by atoms with Crippen molar-refractivity contribution in [1.82, 2.24) is 4.90 Å². The first kappa shape index (κ1) is 23.8. The second-order valence-electron chi connectivity index (χ2n) is 8.57. The molecule has 34 heavy (non-hydrogen) atoms. The summed E-state index contributed by atoms with van der Waals surface area (Å²) < 4.78 is 25.0. The number of hydrogen-bond acceptors (Lipinski definition) is 5. The Morgan fingerprint density at radius 2 is 1.68 bits per heavy atom. The summed E-state index contributed by atoms with van der Waals surface area (Å²) in [5.74, 6) is -1.17. The molecule has 1 unspecified atom stereocenters. The molecular weight excluding hydrogens is 437 g/mol. The summed E-state index contributed by atoms with van der Waals surface area (Å²) >= 11 is 0. The van der Waals surface area contributed by atoms with Crippen molar-refractivity contribution in [2.24, 2.45) is 0 Å². The van der Waals surface area contributed by atoms with E-state index in [9.17, 15) is 19.1 Å². The van der Waals surface area contributed by atoms with E-state index in [2.05, 4.69) is 0 Å². The number of carbonyl (C=O) groups is 2. The molecule has 1 heterocycles. The zero-order valence-electron chi connectivity index (χ0n) is 19.6. The first-order valence-electron chi connectivity index (χ1n) is 11.9. The molecule has 0 radical (unpaired) electrons. The number of Topliss-reactive ketones (excluding diaryl/α,β-unsaturated/α-hetero) is 1. The van der Waals surface area contributed by atoms with Crippen LogP contribution < -0.4 is 9.47 Å². The van der Waals surface area contributed by atoms with Crippen molar-refractivity contribution in [3.8, 4) is 11.5 Å². The Labute approximate surface area is 199 Å². The number of amides is 1. The monoisotopic (exact) mass is 467 g/mol. The van der Waals surface area contributed by atoms with Crippen molar-refractivity contribution in [2.45, 2.75) is 58.0 Å². The predicted octanol–water partition coefficient (Wildman–Crippen LogP) is 5.38. The Hall–Kier alpha value is -3.35. The lowest BCUT2D eigenvalue weighted by Crippen LogP contribution is -2.40. The standard InChI is InChI=1S/C27H30FNO5/c1-3-33-20-14-15-21(22(16-20)34-4-2)25(30)23-24(17-10-12-18(28)13-11-17)29(27(32)26(23)31)19-8-6-5-7-9-19/h10-16,19,24,30H,3-9H2,1-2H3/b25-23-. The van der Waals surface area contributed by atoms with Gasteiger partial charge in [-0.25, -0.2) is 4.39 Å². The van der Waals surface area contributed by atoms with Gasteiger partial charge in [-0.15, -0.1) is 0 Å². The average Bonchev–Trinajstić information content (AvgIpc) is 3.11. The number of ketones is 1. The van der Waals surface area contributed by atoms with Crippen LogP contribution in [-0.4, -0.2) is 41.0 Å². The van der Waals surface area contributed by atoms with Crippen LogP contribution in [0.1, 0.15) is 63.1 Å². The number of benzene rings is 2. The molecule has 1 saturated carbocycles. The molecule has 0 spiro atoms. The largest absolute Gasteiger partial charge is 0.507 e. The molecule has 2 aliphatic rings. The van der Waals surface area contributed by atoms with E-state index in [0.29, 0.717) is 35.8 Å². The predicted molar refractivity (Wildman–Crippen MR) is 126 cm³/mol. The van der Waals surface area contributed by atoms with E-state index in [1.54, 1.807) is 35.2 Å². The third-order valence-electron chi connectivity index (χ3n) is 6.45. The second kappa shape index (κ2) is 10.3. The molecule has 7 heteroatoms. The molecule has 1 saturated heterocycles. The summed E-state index contributed by atoms with van der Waals surface area (Å²) in [6.07, 6.45) is 4.61. The van der Waals surface area contributed by atoms with Crippen LogP contribution in [0.5, 0.6) is 11.5 Å². The van der Waals surface area contributed by atoms with Crippen LogP contribution in [0.3, 0.4) is 0 Å². The number of rotatable bonds is 7. The summed E-state index contributed by atoms with van der Waals surface area (Å²) in [6, 6.07) is 9.80. The lowest BCUT2D eigenvalue weighted by Gasteiger charge is -2.35. The molecule has 1 N–H and O–H groups in total. The van der Waals surface area contributed by atoms with Crippen molar-refractivity contribution in [3.63, 3.8) is 0 Å². The van der Waals surface area contributed by atoms with Gasteiger partial charge in [0.1, 0.15) is 23.1 Å². The van der Waals surface area contributed by atoms with Gasteiger partial charge < -0.3 is 19.5 Å². The summed E-state index contributed by atoms with van der Waals surface area (Å²) in [7, 11) is 0. The number of likely N-dealkylation sites (tertiary alicyclic amines) is 1. The van der Waals surface area contributed by atoms with Crippen molar-refractivity contribution >= 4 is 17.4 Å². The quantitative estimate of drug-likeness (QED) is 0.336. The first-order chi connectivity index (χ1) is 16.5. The molecule has 6 nitrogen and oxygen atoms in total. The van der Waals surface area contributed by atoms with Gasteiger partial charge >= 0.3 is 0 Å². The van der Waals surface area contributed by atoms with Gasteiger partial charge in [-0.1, -0.05) is 31.4 Å². The first-order valence-corrected chi connectivity index (χ1v) is 11.9. The van der Waals surface area contributed by atoms with Crippen molar-refractivity contribution in [3.05, 3.63) is 65.0 Å². The van der Waals surface area contributed by atoms with Gasteiger partial charge in [0.2, 0.25) is 0 Å². The molecule has 1 amide bonds. The van der Waals surface area contributed by atoms with E-state index >= 15 is 0 Å². The van der Waals surface area contributed by atoms with E-state index < -0.39 is 23.5 Å². The Kier molecular flexibility index (Phi) is 7.20. The maximum Gasteiger partial charge on any atom is 0.295 e. The number of nitrogens with zero attached hydrogens (tertiary/aromatic N) is 1. The van der Waals surface area contributed by atoms with E-state index in [-0.39, 0.29) is 17.4 Å². The van der Waals surface area contributed by atoms with Crippen LogP contribution in [0.2, 0.25) is 0 Å². The molecule has 1 atom stereocenters. The van der Waals surface area contributed by atoms with Crippen molar-refractivity contribution < 1.29 is 28.6 Å². The minimum atomic E-state index is -0.801. The SMILES string of the molecule is CCOc1ccc(/C(O)=C2/C(=O)C(=O)N(C3CCCCC3)C2c2ccc(F)cc2)c(OCC)c1. The maximum atomic E-state index is 13.7. The molecule has 4 rings (SSSR count). The highest BCUT2D eigenvalue weighted by molar-refractivity contribution is 6.46. The van der Waals surface area contributed by atoms with Gasteiger partial charge in [-0.05, 0) is 56.5 Å². The number of halogens is 1. The van der Waals surface area contributed by atoms with Gasteiger partial charge in [-0.2, -0.15) is 0 Å². The summed E-state index contributed by atoms with van der Waals surface area (Å²) in [5.41, 5.74) is 0.878. The van der Waals surface area contributed by atoms with Crippen molar-refractivity contribution in [1.29, 1.82) is 0 Å². The number of aliphatic hydroxyl groups is 1. The molecule has 2 aromatic rings. The van der Waals surface area contributed by atoms with Gasteiger partial charge in [-0.3, -0.25) is 9.59 Å². The Balaban J connectivity index is 1.87. The molecule has 1 aliphatic heterocycles. The summed E-state index contributed by atoms with van der Waals surface area (Å²) in [6.45, 7) is 4.49. The number of hydrogen-bond donors (Lipinski definition) is 1. The number of carbonyl (C=O) groups excluding carboxylic acids is 2. The number of aliphatic hydroxyl groups excluding tert-OH is 1. The maximum absolute atomic E-state index is 13.7. The van der Waals surface area contributed by atoms with E-state index in [1.807, 2.05) is 13.8 Å². The van der Waals surface area contributed by atoms with Gasteiger partial charge in [0.25, 0.3) is 11.7 Å². The van der Waals surface area contributed by atoms with Crippen LogP contribution in [0.15, 0.2) is 48.0 Å². The summed E-state index contributed by atoms with van der Waals surface area (Å²) in [4.78, 5) is 28.2. The Morgan fingerprint density at radius 1 is 1.00 bits per heavy atom. The number of ether oxygens (including phenoxy) is 2. The third kappa shape index (κ3) is 4.52. The minimum absolute atomic E-state index is 0.00713. The van der Waals surface area contributed by atoms with Crippen LogP contribution in [0.25, 0.3) is 5.76 Å². The van der Waals surface area contributed by atoms with Crippen LogP contribution >= 0.6 is 0 Å². The highest BCUT2D eigenvalue weighted by Crippen LogP contribution is 2.44. The fourth-order valence-electron chi connectivity index (χ4n) is 4.93. The second-order valence-corrected chi connectivity index (χ2v) is 8.57. The van der Waals surface area contributed by atoms with Crippen LogP contribution in [0.4, 0.5) is 4.39 Å². The molecule has 2 fully saturated rings. The van der Waals surface area contributed by atoms with Crippen LogP contribution in [-0.2, 0) is 9.59 Å². The molecule has 2 aromatic carbocycles. The highest BCUT2D eigenvalue weighted by Gasteiger charge is 2.49. The van der Waals surface area contributed by atoms with Crippen LogP contribution in [0, 0.1) is 5.82 Å². The normalized spacial score (nSPS) is 20.6. The molecular formula is C27H30FNO5. The lowest BCUT2D eigenvalue weighted by molar-refractivity contribution is -0.141. The molecule has 0 bridgehead atoms. The van der Waals surface area contributed by atoms with Gasteiger partial charge in [0.05, 0.1) is 30.4 Å². The topological polar surface area (TPSA) is 76.1 Å². The average molecular weight is 468 g/mol. The zero-order chi connectivity index (χ0) is 24.2. The fraction of sp³-hybridized carbons (Fsp3) is 0.407. The summed E-state index contributed by atoms with van der Waals surface area (Å²) in [5, 5.41) is 11.4. The van der Waals surface area contributed by atoms with Gasteiger partial charge in [0, 0.05) is 12.1 Å². The molecule has 180 valence electrons. The van der Waals surface area contributed by atoms with Gasteiger partial charge in [0.15, 0.2) is 0 Å². The highest BCUT2D eigenvalue weighted by atomic mass is 19.1. The van der Waals surface area contributed by atoms with Crippen molar-refractivity contribution in [2.75, 3.05) is 13.2 Å². The minimum Gasteiger partial charge on any atom is -0.507 e. The third-order valence-corrected chi connectivity index (χ3v) is 6.45. The smallest absolute Gasteiger partial charge is 0.295 e. The molecule has 1 aliphatic carbocycles. The lowest BCUT2D eigenvalue weighted by atomic mass is 9.91. The Morgan fingerprint density at radius 3 is 2.32 bits per heavy atom. The van der Waals surface area contributed by atoms with E-state index in [4.69, 9.17) is 9.47 Å². The fourth-order valence-corrected chi connectivity index (χ4v) is 4.93. The van der Waals surface area contributed by atoms with E-state index in [1.165, 1.54) is 12.1 Å². The molecule has 0 aromatic heterocycles.